The van der Waals surface area contributed by atoms with E-state index in [0.717, 1.165) is 29.1 Å². The maximum Gasteiger partial charge on any atom is 0.193 e. The molecule has 3 N–H and O–H groups in total. The van der Waals surface area contributed by atoms with E-state index in [1.165, 1.54) is 31.3 Å². The summed E-state index contributed by atoms with van der Waals surface area (Å²) in [5.74, 6) is 0.437. The van der Waals surface area contributed by atoms with Gasteiger partial charge in [-0.05, 0) is 44.7 Å². The highest BCUT2D eigenvalue weighted by atomic mass is 35.5. The summed E-state index contributed by atoms with van der Waals surface area (Å²) in [4.78, 5) is 4.24. The van der Waals surface area contributed by atoms with Gasteiger partial charge in [-0.2, -0.15) is 0 Å². The van der Waals surface area contributed by atoms with E-state index in [1.807, 2.05) is 52.0 Å². The lowest BCUT2D eigenvalue weighted by Crippen LogP contribution is -2.30. The Morgan fingerprint density at radius 3 is 2.25 bits per heavy atom. The van der Waals surface area contributed by atoms with Crippen LogP contribution in [0.3, 0.4) is 0 Å². The highest BCUT2D eigenvalue weighted by Gasteiger charge is 1.93. The quantitative estimate of drug-likeness (QED) is 0.122. The third-order valence-corrected chi connectivity index (χ3v) is 4.62. The third-order valence-electron chi connectivity index (χ3n) is 4.20. The number of aliphatic imine (C=N–C) groups is 1. The van der Waals surface area contributed by atoms with Crippen LogP contribution in [0.1, 0.15) is 78.7 Å². The van der Waals surface area contributed by atoms with Crippen LogP contribution in [0, 0.1) is 19.8 Å². The number of terminal acetylenes is 1. The van der Waals surface area contributed by atoms with Crippen molar-refractivity contribution in [3.05, 3.63) is 70.9 Å². The number of nitrogens with zero attached hydrogens (tertiary/aromatic N) is 1. The number of unbranched alkanes of at least 4 members (excludes halogenated alkanes) is 3. The maximum absolute atomic E-state index is 5.74. The first kappa shape index (κ1) is 34.2. The second-order valence-electron chi connectivity index (χ2n) is 6.63. The molecule has 1 rings (SSSR count). The average Bonchev–Trinajstić information content (AvgIpc) is 2.83. The summed E-state index contributed by atoms with van der Waals surface area (Å²) in [7, 11) is 0. The zero-order valence-electron chi connectivity index (χ0n) is 21.3. The fraction of sp³-hybridized carbons (Fsp3) is 0.464. The van der Waals surface area contributed by atoms with E-state index in [2.05, 4.69) is 61.8 Å². The van der Waals surface area contributed by atoms with Crippen LogP contribution >= 0.6 is 11.6 Å². The first-order valence-corrected chi connectivity index (χ1v) is 11.9. The number of nitrogens with two attached hydrogens (primary N) is 1. The van der Waals surface area contributed by atoms with Gasteiger partial charge < -0.3 is 11.1 Å². The van der Waals surface area contributed by atoms with Crippen molar-refractivity contribution < 1.29 is 0 Å². The fourth-order valence-electron chi connectivity index (χ4n) is 2.29. The summed E-state index contributed by atoms with van der Waals surface area (Å²) in [6.07, 6.45) is 21.6. The first-order chi connectivity index (χ1) is 15.4. The standard InChI is InChI=1S/C17H31N3.C7H7Cl.C2H6.C2H2/c1-5-8-9-10-12-16(7-3)13-11-14-19-17(18)20-15(4)6-2;1-6-4-2-3-5-7(6)8;2*1-2/h7,11,13H,4-6,8-10,12,14H2,1-3H3,(H3,18,19,20);2-5H,1H3;1-2H3;1-2H/b13-11-,16-7-;;;. The summed E-state index contributed by atoms with van der Waals surface area (Å²) in [5.41, 5.74) is 9.14. The molecule has 0 radical (unpaired) electrons. The molecule has 0 unspecified atom stereocenters. The van der Waals surface area contributed by atoms with E-state index < -0.39 is 0 Å². The molecule has 0 atom stereocenters. The molecule has 4 heteroatoms. The number of aryl methyl sites for hydroxylation is 1. The van der Waals surface area contributed by atoms with Gasteiger partial charge in [0, 0.05) is 10.7 Å². The van der Waals surface area contributed by atoms with Gasteiger partial charge in [-0.3, -0.25) is 0 Å². The molecule has 0 aliphatic rings. The van der Waals surface area contributed by atoms with Crippen molar-refractivity contribution in [2.24, 2.45) is 10.7 Å². The number of guanidine groups is 1. The van der Waals surface area contributed by atoms with Crippen molar-refractivity contribution in [1.82, 2.24) is 5.32 Å². The summed E-state index contributed by atoms with van der Waals surface area (Å²) in [5, 5.41) is 3.81. The number of rotatable bonds is 10. The van der Waals surface area contributed by atoms with Crippen LogP contribution in [0.2, 0.25) is 5.02 Å². The Labute approximate surface area is 203 Å². The van der Waals surface area contributed by atoms with Gasteiger partial charge in [0.2, 0.25) is 0 Å². The highest BCUT2D eigenvalue weighted by Crippen LogP contribution is 2.12. The lowest BCUT2D eigenvalue weighted by molar-refractivity contribution is 0.668. The van der Waals surface area contributed by atoms with Crippen LogP contribution in [-0.2, 0) is 0 Å². The maximum atomic E-state index is 5.74. The molecule has 0 spiro atoms. The number of benzene rings is 1. The second kappa shape index (κ2) is 26.6. The van der Waals surface area contributed by atoms with Crippen LogP contribution in [0.15, 0.2) is 65.3 Å². The number of hydrogen-bond acceptors (Lipinski definition) is 1. The predicted octanol–water partition coefficient (Wildman–Crippen LogP) is 8.21. The lowest BCUT2D eigenvalue weighted by Gasteiger charge is -2.05. The molecular weight excluding hydrogens is 414 g/mol. The summed E-state index contributed by atoms with van der Waals surface area (Å²) in [6.45, 7) is 16.8. The van der Waals surface area contributed by atoms with Gasteiger partial charge in [-0.1, -0.05) is 107 Å². The van der Waals surface area contributed by atoms with Crippen LogP contribution in [0.5, 0.6) is 0 Å². The molecule has 0 bridgehead atoms. The number of nitrogens with one attached hydrogen (secondary N) is 1. The van der Waals surface area contributed by atoms with Crippen molar-refractivity contribution in [3.63, 3.8) is 0 Å². The summed E-state index contributed by atoms with van der Waals surface area (Å²) >= 11 is 5.71. The Morgan fingerprint density at radius 1 is 1.16 bits per heavy atom. The zero-order chi connectivity index (χ0) is 25.2. The summed E-state index contributed by atoms with van der Waals surface area (Å²) in [6, 6.07) is 7.77. The van der Waals surface area contributed by atoms with Crippen LogP contribution in [0.4, 0.5) is 0 Å². The molecule has 0 aromatic heterocycles. The van der Waals surface area contributed by atoms with E-state index >= 15 is 0 Å². The molecule has 1 aromatic rings. The lowest BCUT2D eigenvalue weighted by atomic mass is 10.1. The second-order valence-corrected chi connectivity index (χ2v) is 7.04. The monoisotopic (exact) mass is 459 g/mol. The Kier molecular flexibility index (Phi) is 28.4. The van der Waals surface area contributed by atoms with Gasteiger partial charge in [0.15, 0.2) is 5.96 Å². The Hall–Kier alpha value is -2.44. The normalized spacial score (nSPS) is 10.7. The molecule has 0 heterocycles. The van der Waals surface area contributed by atoms with Crippen molar-refractivity contribution in [1.29, 1.82) is 0 Å². The SMILES string of the molecule is C#C.C=C(CC)NC(N)=NC/C=C\C(=C/C)CCCCCC.CC.Cc1ccccc1Cl. The van der Waals surface area contributed by atoms with Gasteiger partial charge >= 0.3 is 0 Å². The van der Waals surface area contributed by atoms with E-state index in [0.29, 0.717) is 12.5 Å². The molecule has 0 aliphatic carbocycles. The van der Waals surface area contributed by atoms with Crippen molar-refractivity contribution in [2.75, 3.05) is 6.54 Å². The molecule has 3 nitrogen and oxygen atoms in total. The fourth-order valence-corrected chi connectivity index (χ4v) is 2.43. The molecule has 0 saturated carbocycles. The Morgan fingerprint density at radius 2 is 1.78 bits per heavy atom. The van der Waals surface area contributed by atoms with Crippen LogP contribution in [0.25, 0.3) is 0 Å². The molecular formula is C28H46ClN3. The van der Waals surface area contributed by atoms with Crippen molar-refractivity contribution in [2.45, 2.75) is 80.1 Å². The van der Waals surface area contributed by atoms with E-state index in [1.54, 1.807) is 0 Å². The largest absolute Gasteiger partial charge is 0.370 e. The molecule has 32 heavy (non-hydrogen) atoms. The van der Waals surface area contributed by atoms with Crippen LogP contribution < -0.4 is 11.1 Å². The predicted molar refractivity (Wildman–Crippen MR) is 148 cm³/mol. The molecule has 0 aliphatic heterocycles. The third kappa shape index (κ3) is 22.2. The molecule has 1 aromatic carbocycles. The number of allylic oxidation sites excluding steroid dienone is 4. The van der Waals surface area contributed by atoms with Gasteiger partial charge in [0.25, 0.3) is 0 Å². The molecule has 0 amide bonds. The van der Waals surface area contributed by atoms with Gasteiger partial charge in [-0.15, -0.1) is 12.8 Å². The minimum atomic E-state index is 0.437. The summed E-state index contributed by atoms with van der Waals surface area (Å²) < 4.78 is 0. The minimum Gasteiger partial charge on any atom is -0.370 e. The number of halogens is 1. The van der Waals surface area contributed by atoms with E-state index in [9.17, 15) is 0 Å². The van der Waals surface area contributed by atoms with E-state index in [-0.39, 0.29) is 0 Å². The van der Waals surface area contributed by atoms with E-state index in [4.69, 9.17) is 17.3 Å². The first-order valence-electron chi connectivity index (χ1n) is 11.5. The van der Waals surface area contributed by atoms with Gasteiger partial charge in [0.05, 0.1) is 6.54 Å². The zero-order valence-corrected chi connectivity index (χ0v) is 22.0. The van der Waals surface area contributed by atoms with Crippen molar-refractivity contribution >= 4 is 17.6 Å². The smallest absolute Gasteiger partial charge is 0.193 e. The number of hydrogen-bond donors (Lipinski definition) is 2. The van der Waals surface area contributed by atoms with Gasteiger partial charge in [0.1, 0.15) is 0 Å². The van der Waals surface area contributed by atoms with Crippen molar-refractivity contribution in [3.8, 4) is 12.8 Å². The molecule has 0 fully saturated rings. The Balaban J connectivity index is -0.000000575. The molecule has 0 saturated heterocycles. The Bertz CT molecular complexity index is 664. The average molecular weight is 460 g/mol. The van der Waals surface area contributed by atoms with Gasteiger partial charge in [-0.25, -0.2) is 4.99 Å². The van der Waals surface area contributed by atoms with Crippen LogP contribution in [-0.4, -0.2) is 12.5 Å². The molecule has 180 valence electrons. The highest BCUT2D eigenvalue weighted by molar-refractivity contribution is 6.31. The minimum absolute atomic E-state index is 0.437. The topological polar surface area (TPSA) is 50.4 Å².